The van der Waals surface area contributed by atoms with E-state index in [-0.39, 0.29) is 11.9 Å². The number of carbonyl (C=O) groups is 1. The number of hydrogen-bond donors (Lipinski definition) is 1. The lowest BCUT2D eigenvalue weighted by molar-refractivity contribution is -0.925. The van der Waals surface area contributed by atoms with Crippen molar-refractivity contribution in [3.63, 3.8) is 0 Å². The predicted octanol–water partition coefficient (Wildman–Crippen LogP) is 0.0932. The number of benzene rings is 1. The first kappa shape index (κ1) is 17.0. The van der Waals surface area contributed by atoms with Gasteiger partial charge in [-0.3, -0.25) is 4.79 Å². The SMILES string of the molecule is O=C(c1ccc2c(c1)CCCC2)N1CC[NH+]([C@@H]2CCS(=O)(=O)C2)CC1. The molecular formula is C19H27N2O3S+. The van der Waals surface area contributed by atoms with Gasteiger partial charge in [-0.2, -0.15) is 0 Å². The van der Waals surface area contributed by atoms with Gasteiger partial charge in [-0.05, 0) is 48.9 Å². The highest BCUT2D eigenvalue weighted by Crippen LogP contribution is 2.23. The summed E-state index contributed by atoms with van der Waals surface area (Å²) < 4.78 is 23.4. The van der Waals surface area contributed by atoms with Gasteiger partial charge in [0.05, 0.1) is 31.9 Å². The summed E-state index contributed by atoms with van der Waals surface area (Å²) in [5.41, 5.74) is 3.56. The molecule has 0 spiro atoms. The van der Waals surface area contributed by atoms with Gasteiger partial charge in [0, 0.05) is 12.0 Å². The van der Waals surface area contributed by atoms with Gasteiger partial charge in [0.25, 0.3) is 5.91 Å². The van der Waals surface area contributed by atoms with Crippen LogP contribution in [0.2, 0.25) is 0 Å². The number of sulfone groups is 1. The maximum absolute atomic E-state index is 12.8. The molecule has 136 valence electrons. The first-order valence-corrected chi connectivity index (χ1v) is 11.3. The lowest BCUT2D eigenvalue weighted by atomic mass is 9.90. The quantitative estimate of drug-likeness (QED) is 0.810. The maximum atomic E-state index is 12.8. The third-order valence-corrected chi connectivity index (χ3v) is 7.87. The molecule has 4 rings (SSSR count). The molecule has 1 N–H and O–H groups in total. The zero-order chi connectivity index (χ0) is 17.4. The van der Waals surface area contributed by atoms with Crippen molar-refractivity contribution in [2.45, 2.75) is 38.1 Å². The van der Waals surface area contributed by atoms with Crippen molar-refractivity contribution in [3.05, 3.63) is 34.9 Å². The monoisotopic (exact) mass is 363 g/mol. The predicted molar refractivity (Wildman–Crippen MR) is 96.7 cm³/mol. The summed E-state index contributed by atoms with van der Waals surface area (Å²) >= 11 is 0. The minimum Gasteiger partial charge on any atom is -0.329 e. The van der Waals surface area contributed by atoms with Gasteiger partial charge in [0.1, 0.15) is 11.8 Å². The Morgan fingerprint density at radius 3 is 2.48 bits per heavy atom. The zero-order valence-corrected chi connectivity index (χ0v) is 15.5. The minimum atomic E-state index is -2.83. The molecule has 2 heterocycles. The summed E-state index contributed by atoms with van der Waals surface area (Å²) in [5, 5.41) is 0. The van der Waals surface area contributed by atoms with E-state index in [4.69, 9.17) is 0 Å². The topological polar surface area (TPSA) is 58.9 Å². The van der Waals surface area contributed by atoms with Crippen LogP contribution in [0.1, 0.15) is 40.7 Å². The second-order valence-electron chi connectivity index (χ2n) is 7.74. The van der Waals surface area contributed by atoms with Crippen LogP contribution in [-0.4, -0.2) is 63.0 Å². The van der Waals surface area contributed by atoms with Gasteiger partial charge < -0.3 is 9.80 Å². The van der Waals surface area contributed by atoms with Gasteiger partial charge in [-0.15, -0.1) is 0 Å². The van der Waals surface area contributed by atoms with Crippen molar-refractivity contribution in [2.24, 2.45) is 0 Å². The van der Waals surface area contributed by atoms with Gasteiger partial charge >= 0.3 is 0 Å². The zero-order valence-electron chi connectivity index (χ0n) is 14.7. The van der Waals surface area contributed by atoms with Crippen LogP contribution in [0.3, 0.4) is 0 Å². The molecular weight excluding hydrogens is 336 g/mol. The van der Waals surface area contributed by atoms with E-state index in [2.05, 4.69) is 12.1 Å². The average molecular weight is 364 g/mol. The Balaban J connectivity index is 1.38. The Bertz CT molecular complexity index is 767. The van der Waals surface area contributed by atoms with Crippen LogP contribution in [0.25, 0.3) is 0 Å². The van der Waals surface area contributed by atoms with Crippen molar-refractivity contribution < 1.29 is 18.1 Å². The fraction of sp³-hybridized carbons (Fsp3) is 0.632. The number of nitrogens with one attached hydrogen (secondary N) is 1. The molecule has 0 bridgehead atoms. The number of hydrogen-bond acceptors (Lipinski definition) is 3. The fourth-order valence-electron chi connectivity index (χ4n) is 4.57. The van der Waals surface area contributed by atoms with Crippen molar-refractivity contribution >= 4 is 15.7 Å². The van der Waals surface area contributed by atoms with E-state index in [1.807, 2.05) is 11.0 Å². The average Bonchev–Trinajstić information content (AvgIpc) is 3.01. The summed E-state index contributed by atoms with van der Waals surface area (Å²) in [6.07, 6.45) is 5.47. The summed E-state index contributed by atoms with van der Waals surface area (Å²) in [4.78, 5) is 16.1. The number of amides is 1. The van der Waals surface area contributed by atoms with Crippen LogP contribution in [0.15, 0.2) is 18.2 Å². The number of quaternary nitrogens is 1. The molecule has 6 heteroatoms. The summed E-state index contributed by atoms with van der Waals surface area (Å²) in [7, 11) is -2.83. The van der Waals surface area contributed by atoms with Crippen molar-refractivity contribution in [1.29, 1.82) is 0 Å². The molecule has 2 aliphatic heterocycles. The van der Waals surface area contributed by atoms with Crippen LogP contribution in [0.4, 0.5) is 0 Å². The minimum absolute atomic E-state index is 0.131. The normalized spacial score (nSPS) is 26.4. The largest absolute Gasteiger partial charge is 0.329 e. The maximum Gasteiger partial charge on any atom is 0.254 e. The molecule has 0 aromatic heterocycles. The molecule has 1 aromatic rings. The van der Waals surface area contributed by atoms with Crippen molar-refractivity contribution in [1.82, 2.24) is 4.90 Å². The molecule has 1 aliphatic carbocycles. The van der Waals surface area contributed by atoms with Gasteiger partial charge in [0.2, 0.25) is 0 Å². The van der Waals surface area contributed by atoms with Gasteiger partial charge in [-0.25, -0.2) is 8.42 Å². The van der Waals surface area contributed by atoms with Crippen LogP contribution in [0, 0.1) is 0 Å². The number of carbonyl (C=O) groups excluding carboxylic acids is 1. The van der Waals surface area contributed by atoms with Gasteiger partial charge in [-0.1, -0.05) is 6.07 Å². The molecule has 2 saturated heterocycles. The number of aryl methyl sites for hydroxylation is 2. The number of fused-ring (bicyclic) bond motifs is 1. The first-order valence-electron chi connectivity index (χ1n) is 9.48. The first-order chi connectivity index (χ1) is 12.0. The van der Waals surface area contributed by atoms with E-state index < -0.39 is 9.84 Å². The molecule has 2 fully saturated rings. The standard InChI is InChI=1S/C19H26N2O3S/c22-19(17-6-5-15-3-1-2-4-16(15)13-17)21-10-8-20(9-11-21)18-7-12-25(23,24)14-18/h5-6,13,18H,1-4,7-12,14H2/p+1/t18-/m1/s1. The fourth-order valence-corrected chi connectivity index (χ4v) is 6.40. The highest BCUT2D eigenvalue weighted by molar-refractivity contribution is 7.91. The second-order valence-corrected chi connectivity index (χ2v) is 9.97. The molecule has 5 nitrogen and oxygen atoms in total. The summed E-state index contributed by atoms with van der Waals surface area (Å²) in [6, 6.07) is 6.44. The molecule has 25 heavy (non-hydrogen) atoms. The molecule has 1 atom stereocenters. The van der Waals surface area contributed by atoms with Crippen molar-refractivity contribution in [2.75, 3.05) is 37.7 Å². The molecule has 1 aromatic carbocycles. The highest BCUT2D eigenvalue weighted by Gasteiger charge is 2.37. The molecule has 0 unspecified atom stereocenters. The molecule has 1 amide bonds. The Morgan fingerprint density at radius 1 is 1.08 bits per heavy atom. The molecule has 0 saturated carbocycles. The van der Waals surface area contributed by atoms with E-state index in [0.29, 0.717) is 11.5 Å². The number of nitrogens with zero attached hydrogens (tertiary/aromatic N) is 1. The van der Waals surface area contributed by atoms with Crippen LogP contribution < -0.4 is 4.90 Å². The van der Waals surface area contributed by atoms with Gasteiger partial charge in [0.15, 0.2) is 9.84 Å². The Kier molecular flexibility index (Phi) is 4.58. The van der Waals surface area contributed by atoms with Crippen LogP contribution >= 0.6 is 0 Å². The van der Waals surface area contributed by atoms with Crippen LogP contribution in [0.5, 0.6) is 0 Å². The molecule has 3 aliphatic rings. The Labute approximate surface area is 149 Å². The Morgan fingerprint density at radius 2 is 1.80 bits per heavy atom. The summed E-state index contributed by atoms with van der Waals surface area (Å²) in [5.74, 6) is 0.784. The smallest absolute Gasteiger partial charge is 0.254 e. The van der Waals surface area contributed by atoms with E-state index >= 15 is 0 Å². The number of rotatable bonds is 2. The van der Waals surface area contributed by atoms with E-state index in [1.54, 1.807) is 0 Å². The van der Waals surface area contributed by atoms with Crippen molar-refractivity contribution in [3.8, 4) is 0 Å². The van der Waals surface area contributed by atoms with Crippen LogP contribution in [-0.2, 0) is 22.7 Å². The lowest BCUT2D eigenvalue weighted by Crippen LogP contribution is -3.18. The highest BCUT2D eigenvalue weighted by atomic mass is 32.2. The third-order valence-electron chi connectivity index (χ3n) is 6.10. The Hall–Kier alpha value is -1.40. The van der Waals surface area contributed by atoms with E-state index in [1.165, 1.54) is 28.9 Å². The molecule has 0 radical (unpaired) electrons. The number of piperazine rings is 1. The summed E-state index contributed by atoms with van der Waals surface area (Å²) in [6.45, 7) is 3.16. The van der Waals surface area contributed by atoms with E-state index in [0.717, 1.165) is 51.0 Å². The second kappa shape index (κ2) is 6.72. The third kappa shape index (κ3) is 3.60. The lowest BCUT2D eigenvalue weighted by Gasteiger charge is -2.35. The van der Waals surface area contributed by atoms with E-state index in [9.17, 15) is 13.2 Å².